The first-order chi connectivity index (χ1) is 9.56. The first-order valence-corrected chi connectivity index (χ1v) is 7.74. The van der Waals surface area contributed by atoms with Crippen LogP contribution in [-0.2, 0) is 6.54 Å². The lowest BCUT2D eigenvalue weighted by Crippen LogP contribution is -2.45. The molecule has 0 saturated carbocycles. The van der Waals surface area contributed by atoms with Crippen LogP contribution in [0.25, 0.3) is 0 Å². The maximum atomic E-state index is 3.41. The highest BCUT2D eigenvalue weighted by Crippen LogP contribution is 2.16. The number of rotatable bonds is 5. The van der Waals surface area contributed by atoms with Crippen molar-refractivity contribution in [1.29, 1.82) is 0 Å². The van der Waals surface area contributed by atoms with Crippen molar-refractivity contribution in [3.05, 3.63) is 34.4 Å². The minimum absolute atomic E-state index is 1.05. The van der Waals surface area contributed by atoms with Gasteiger partial charge in [-0.25, -0.2) is 0 Å². The molecule has 1 aliphatic heterocycles. The van der Waals surface area contributed by atoms with Crippen LogP contribution < -0.4 is 5.32 Å². The summed E-state index contributed by atoms with van der Waals surface area (Å²) in [5.74, 6) is 0. The maximum absolute atomic E-state index is 3.41. The number of benzene rings is 1. The van der Waals surface area contributed by atoms with Crippen LogP contribution in [0.5, 0.6) is 0 Å². The Kier molecular flexibility index (Phi) is 5.58. The average molecular weight is 275 g/mol. The van der Waals surface area contributed by atoms with Crippen LogP contribution in [0.4, 0.5) is 0 Å². The van der Waals surface area contributed by atoms with Crippen molar-refractivity contribution >= 4 is 0 Å². The van der Waals surface area contributed by atoms with Crippen molar-refractivity contribution in [3.8, 4) is 0 Å². The molecule has 1 aromatic carbocycles. The molecule has 0 aliphatic carbocycles. The number of piperazine rings is 1. The molecule has 0 unspecified atom stereocenters. The Labute approximate surface area is 124 Å². The molecule has 2 rings (SSSR count). The molecule has 1 saturated heterocycles. The van der Waals surface area contributed by atoms with Gasteiger partial charge in [0.15, 0.2) is 0 Å². The van der Waals surface area contributed by atoms with Crippen LogP contribution in [0.1, 0.15) is 22.3 Å². The predicted molar refractivity (Wildman–Crippen MR) is 86.3 cm³/mol. The normalized spacial score (nSPS) is 16.9. The zero-order chi connectivity index (χ0) is 14.5. The Bertz CT molecular complexity index is 436. The second kappa shape index (κ2) is 7.21. The van der Waals surface area contributed by atoms with Crippen molar-refractivity contribution in [3.63, 3.8) is 0 Å². The fourth-order valence-electron chi connectivity index (χ4n) is 2.81. The number of hydrogen-bond acceptors (Lipinski definition) is 3. The summed E-state index contributed by atoms with van der Waals surface area (Å²) in [5, 5.41) is 3.41. The molecule has 1 aliphatic rings. The monoisotopic (exact) mass is 275 g/mol. The fourth-order valence-corrected chi connectivity index (χ4v) is 2.81. The largest absolute Gasteiger partial charge is 0.314 e. The van der Waals surface area contributed by atoms with Crippen LogP contribution in [0, 0.1) is 20.8 Å². The second-order valence-electron chi connectivity index (χ2n) is 6.19. The minimum Gasteiger partial charge on any atom is -0.314 e. The van der Waals surface area contributed by atoms with Gasteiger partial charge in [-0.05, 0) is 50.1 Å². The van der Waals surface area contributed by atoms with E-state index in [-0.39, 0.29) is 0 Å². The molecular formula is C17H29N3. The summed E-state index contributed by atoms with van der Waals surface area (Å²) in [6.45, 7) is 14.7. The third kappa shape index (κ3) is 4.30. The summed E-state index contributed by atoms with van der Waals surface area (Å²) in [4.78, 5) is 5.00. The smallest absolute Gasteiger partial charge is 0.0233 e. The van der Waals surface area contributed by atoms with Gasteiger partial charge in [-0.2, -0.15) is 0 Å². The molecular weight excluding hydrogens is 246 g/mol. The molecule has 0 radical (unpaired) electrons. The van der Waals surface area contributed by atoms with Gasteiger partial charge in [0.1, 0.15) is 0 Å². The van der Waals surface area contributed by atoms with E-state index in [9.17, 15) is 0 Å². The zero-order valence-electron chi connectivity index (χ0n) is 13.5. The lowest BCUT2D eigenvalue weighted by atomic mass is 10.0. The molecule has 0 atom stereocenters. The molecule has 1 heterocycles. The lowest BCUT2D eigenvalue weighted by molar-refractivity contribution is 0.202. The predicted octanol–water partition coefficient (Wildman–Crippen LogP) is 1.95. The highest BCUT2D eigenvalue weighted by molar-refractivity contribution is 5.36. The average Bonchev–Trinajstić information content (AvgIpc) is 2.44. The van der Waals surface area contributed by atoms with Gasteiger partial charge in [-0.1, -0.05) is 12.1 Å². The minimum atomic E-state index is 1.05. The summed E-state index contributed by atoms with van der Waals surface area (Å²) >= 11 is 0. The van der Waals surface area contributed by atoms with Crippen molar-refractivity contribution in [2.75, 3.05) is 46.3 Å². The molecule has 1 aromatic rings. The number of aryl methyl sites for hydroxylation is 3. The van der Waals surface area contributed by atoms with E-state index in [0.717, 1.165) is 26.2 Å². The van der Waals surface area contributed by atoms with Gasteiger partial charge < -0.3 is 10.2 Å². The molecule has 0 bridgehead atoms. The van der Waals surface area contributed by atoms with E-state index in [4.69, 9.17) is 0 Å². The van der Waals surface area contributed by atoms with Gasteiger partial charge in [0.05, 0.1) is 0 Å². The van der Waals surface area contributed by atoms with Crippen LogP contribution in [0.2, 0.25) is 0 Å². The van der Waals surface area contributed by atoms with Gasteiger partial charge >= 0.3 is 0 Å². The number of likely N-dealkylation sites (N-methyl/N-ethyl adjacent to an activating group) is 1. The molecule has 0 amide bonds. The van der Waals surface area contributed by atoms with E-state index in [1.54, 1.807) is 0 Å². The van der Waals surface area contributed by atoms with Gasteiger partial charge in [0, 0.05) is 45.8 Å². The fraction of sp³-hybridized carbons (Fsp3) is 0.647. The molecule has 3 heteroatoms. The molecule has 1 N–H and O–H groups in total. The van der Waals surface area contributed by atoms with Crippen molar-refractivity contribution in [1.82, 2.24) is 15.1 Å². The number of nitrogens with zero attached hydrogens (tertiary/aromatic N) is 2. The van der Waals surface area contributed by atoms with Crippen LogP contribution in [-0.4, -0.2) is 56.1 Å². The third-order valence-electron chi connectivity index (χ3n) is 4.40. The topological polar surface area (TPSA) is 18.5 Å². The van der Waals surface area contributed by atoms with Gasteiger partial charge in [0.25, 0.3) is 0 Å². The standard InChI is InChI=1S/C17H29N3/c1-14-11-16(3)17(12-15(14)2)13-19(4)9-10-20-7-5-18-6-8-20/h11-12,18H,5-10,13H2,1-4H3. The van der Waals surface area contributed by atoms with Gasteiger partial charge in [-0.3, -0.25) is 4.90 Å². The molecule has 3 nitrogen and oxygen atoms in total. The van der Waals surface area contributed by atoms with Gasteiger partial charge in [-0.15, -0.1) is 0 Å². The second-order valence-corrected chi connectivity index (χ2v) is 6.19. The van der Waals surface area contributed by atoms with E-state index in [2.05, 4.69) is 55.1 Å². The molecule has 20 heavy (non-hydrogen) atoms. The Balaban J connectivity index is 1.84. The number of hydrogen-bond donors (Lipinski definition) is 1. The number of nitrogens with one attached hydrogen (secondary N) is 1. The van der Waals surface area contributed by atoms with E-state index in [1.165, 1.54) is 41.9 Å². The van der Waals surface area contributed by atoms with Gasteiger partial charge in [0.2, 0.25) is 0 Å². The molecule has 1 fully saturated rings. The Morgan fingerprint density at radius 3 is 2.40 bits per heavy atom. The third-order valence-corrected chi connectivity index (χ3v) is 4.40. The molecule has 0 aromatic heterocycles. The molecule has 0 spiro atoms. The van der Waals surface area contributed by atoms with Crippen molar-refractivity contribution < 1.29 is 0 Å². The van der Waals surface area contributed by atoms with Crippen LogP contribution in [0.3, 0.4) is 0 Å². The first kappa shape index (κ1) is 15.5. The first-order valence-electron chi connectivity index (χ1n) is 7.74. The maximum Gasteiger partial charge on any atom is 0.0233 e. The summed E-state index contributed by atoms with van der Waals surface area (Å²) < 4.78 is 0. The Morgan fingerprint density at radius 1 is 1.05 bits per heavy atom. The highest BCUT2D eigenvalue weighted by atomic mass is 15.2. The zero-order valence-corrected chi connectivity index (χ0v) is 13.5. The van der Waals surface area contributed by atoms with Crippen molar-refractivity contribution in [2.45, 2.75) is 27.3 Å². The van der Waals surface area contributed by atoms with E-state index >= 15 is 0 Å². The Morgan fingerprint density at radius 2 is 1.70 bits per heavy atom. The summed E-state index contributed by atoms with van der Waals surface area (Å²) in [5.41, 5.74) is 5.69. The molecule has 112 valence electrons. The summed E-state index contributed by atoms with van der Waals surface area (Å²) in [6.07, 6.45) is 0. The van der Waals surface area contributed by atoms with Crippen LogP contribution >= 0.6 is 0 Å². The van der Waals surface area contributed by atoms with Crippen molar-refractivity contribution in [2.24, 2.45) is 0 Å². The Hall–Kier alpha value is -0.900. The highest BCUT2D eigenvalue weighted by Gasteiger charge is 2.11. The van der Waals surface area contributed by atoms with E-state index < -0.39 is 0 Å². The van der Waals surface area contributed by atoms with Crippen LogP contribution in [0.15, 0.2) is 12.1 Å². The quantitative estimate of drug-likeness (QED) is 0.886. The SMILES string of the molecule is Cc1cc(C)c(CN(C)CCN2CCNCC2)cc1C. The van der Waals surface area contributed by atoms with E-state index in [0.29, 0.717) is 0 Å². The summed E-state index contributed by atoms with van der Waals surface area (Å²) in [6, 6.07) is 4.67. The summed E-state index contributed by atoms with van der Waals surface area (Å²) in [7, 11) is 2.23. The lowest BCUT2D eigenvalue weighted by Gasteiger charge is -2.29. The van der Waals surface area contributed by atoms with E-state index in [1.807, 2.05) is 0 Å².